The van der Waals surface area contributed by atoms with Crippen molar-refractivity contribution in [2.24, 2.45) is 5.92 Å². The molecule has 0 radical (unpaired) electrons. The van der Waals surface area contributed by atoms with E-state index in [2.05, 4.69) is 32.9 Å². The van der Waals surface area contributed by atoms with Crippen LogP contribution in [0.2, 0.25) is 0 Å². The van der Waals surface area contributed by atoms with E-state index in [1.165, 1.54) is 45.3 Å². The van der Waals surface area contributed by atoms with Gasteiger partial charge in [0.25, 0.3) is 0 Å². The summed E-state index contributed by atoms with van der Waals surface area (Å²) in [4.78, 5) is 6.87. The van der Waals surface area contributed by atoms with Crippen molar-refractivity contribution in [3.8, 4) is 0 Å². The summed E-state index contributed by atoms with van der Waals surface area (Å²) in [6, 6.07) is 0.770. The Morgan fingerprint density at radius 2 is 2.00 bits per heavy atom. The van der Waals surface area contributed by atoms with E-state index in [0.29, 0.717) is 0 Å². The average molecular weight is 262 g/mol. The summed E-state index contributed by atoms with van der Waals surface area (Å²) in [5.74, 6) is 2.13. The Labute approximate surface area is 116 Å². The molecule has 3 rings (SSSR count). The molecule has 1 aliphatic carbocycles. The van der Waals surface area contributed by atoms with Crippen LogP contribution in [0, 0.1) is 12.8 Å². The smallest absolute Gasteiger partial charge is 0.105 e. The van der Waals surface area contributed by atoms with Gasteiger partial charge >= 0.3 is 0 Å². The zero-order valence-electron chi connectivity index (χ0n) is 12.0. The van der Waals surface area contributed by atoms with Crippen LogP contribution < -0.4 is 5.32 Å². The second-order valence-corrected chi connectivity index (χ2v) is 6.14. The molecule has 1 saturated heterocycles. The minimum atomic E-state index is 0.770. The van der Waals surface area contributed by atoms with E-state index in [1.807, 2.05) is 6.20 Å². The number of hydrogen-bond acceptors (Lipinski definition) is 3. The molecule has 4 nitrogen and oxygen atoms in total. The number of piperidine rings is 1. The fourth-order valence-corrected chi connectivity index (χ4v) is 2.91. The minimum absolute atomic E-state index is 0.770. The van der Waals surface area contributed by atoms with Crippen molar-refractivity contribution < 1.29 is 0 Å². The first-order chi connectivity index (χ1) is 9.31. The summed E-state index contributed by atoms with van der Waals surface area (Å²) in [6.07, 6.45) is 9.51. The summed E-state index contributed by atoms with van der Waals surface area (Å²) >= 11 is 0. The van der Waals surface area contributed by atoms with Crippen LogP contribution in [0.1, 0.15) is 31.5 Å². The van der Waals surface area contributed by atoms with Gasteiger partial charge in [0, 0.05) is 31.5 Å². The zero-order valence-corrected chi connectivity index (χ0v) is 12.0. The standard InChI is InChI=1S/C15H26N4/c1-13-16-6-9-19(13)11-10-18-7-4-15(5-8-18)17-12-14-2-3-14/h6,9,14-15,17H,2-5,7-8,10-12H2,1H3. The number of likely N-dealkylation sites (tertiary alicyclic amines) is 1. The van der Waals surface area contributed by atoms with Crippen LogP contribution in [0.15, 0.2) is 12.4 Å². The molecular formula is C15H26N4. The van der Waals surface area contributed by atoms with Gasteiger partial charge in [-0.15, -0.1) is 0 Å². The maximum absolute atomic E-state index is 4.27. The van der Waals surface area contributed by atoms with Crippen LogP contribution in [-0.2, 0) is 6.54 Å². The van der Waals surface area contributed by atoms with Gasteiger partial charge in [0.1, 0.15) is 5.82 Å². The lowest BCUT2D eigenvalue weighted by molar-refractivity contribution is 0.191. The molecule has 19 heavy (non-hydrogen) atoms. The monoisotopic (exact) mass is 262 g/mol. The maximum Gasteiger partial charge on any atom is 0.105 e. The van der Waals surface area contributed by atoms with E-state index >= 15 is 0 Å². The molecule has 106 valence electrons. The number of hydrogen-bond donors (Lipinski definition) is 1. The van der Waals surface area contributed by atoms with Gasteiger partial charge in [-0.05, 0) is 58.2 Å². The third-order valence-electron chi connectivity index (χ3n) is 4.56. The van der Waals surface area contributed by atoms with Gasteiger partial charge in [-0.1, -0.05) is 0 Å². The Bertz CT molecular complexity index is 389. The van der Waals surface area contributed by atoms with Crippen molar-refractivity contribution in [1.29, 1.82) is 0 Å². The molecule has 1 saturated carbocycles. The molecule has 1 aliphatic heterocycles. The Morgan fingerprint density at radius 3 is 2.63 bits per heavy atom. The SMILES string of the molecule is Cc1nccn1CCN1CCC(NCC2CC2)CC1. The Balaban J connectivity index is 1.34. The first kappa shape index (κ1) is 13.1. The van der Waals surface area contributed by atoms with Crippen LogP contribution in [-0.4, -0.2) is 46.7 Å². The van der Waals surface area contributed by atoms with Gasteiger partial charge in [0.15, 0.2) is 0 Å². The predicted octanol–water partition coefficient (Wildman–Crippen LogP) is 1.66. The summed E-state index contributed by atoms with van der Waals surface area (Å²) in [5.41, 5.74) is 0. The summed E-state index contributed by atoms with van der Waals surface area (Å²) in [5, 5.41) is 3.74. The Kier molecular flexibility index (Phi) is 4.18. The molecule has 0 atom stereocenters. The summed E-state index contributed by atoms with van der Waals surface area (Å²) in [6.45, 7) is 8.07. The minimum Gasteiger partial charge on any atom is -0.334 e. The quantitative estimate of drug-likeness (QED) is 0.846. The normalized spacial score (nSPS) is 21.9. The van der Waals surface area contributed by atoms with Crippen LogP contribution >= 0.6 is 0 Å². The summed E-state index contributed by atoms with van der Waals surface area (Å²) in [7, 11) is 0. The number of nitrogens with one attached hydrogen (secondary N) is 1. The number of imidazole rings is 1. The number of aryl methyl sites for hydroxylation is 1. The maximum atomic E-state index is 4.27. The molecule has 4 heteroatoms. The highest BCUT2D eigenvalue weighted by Crippen LogP contribution is 2.28. The molecule has 0 unspecified atom stereocenters. The van der Waals surface area contributed by atoms with E-state index in [4.69, 9.17) is 0 Å². The van der Waals surface area contributed by atoms with Crippen molar-refractivity contribution in [1.82, 2.24) is 19.8 Å². The van der Waals surface area contributed by atoms with Gasteiger partial charge in [-0.2, -0.15) is 0 Å². The molecule has 2 fully saturated rings. The highest BCUT2D eigenvalue weighted by atomic mass is 15.2. The van der Waals surface area contributed by atoms with Crippen LogP contribution in [0.3, 0.4) is 0 Å². The molecular weight excluding hydrogens is 236 g/mol. The Hall–Kier alpha value is -0.870. The second kappa shape index (κ2) is 6.06. The van der Waals surface area contributed by atoms with E-state index in [-0.39, 0.29) is 0 Å². The van der Waals surface area contributed by atoms with Crippen molar-refractivity contribution in [3.05, 3.63) is 18.2 Å². The lowest BCUT2D eigenvalue weighted by atomic mass is 10.0. The molecule has 0 aromatic carbocycles. The van der Waals surface area contributed by atoms with E-state index in [1.54, 1.807) is 0 Å². The lowest BCUT2D eigenvalue weighted by Crippen LogP contribution is -2.43. The second-order valence-electron chi connectivity index (χ2n) is 6.14. The molecule has 1 aromatic heterocycles. The van der Waals surface area contributed by atoms with Gasteiger partial charge in [-0.25, -0.2) is 4.98 Å². The molecule has 0 amide bonds. The third kappa shape index (κ3) is 3.80. The zero-order chi connectivity index (χ0) is 13.1. The van der Waals surface area contributed by atoms with Crippen LogP contribution in [0.5, 0.6) is 0 Å². The lowest BCUT2D eigenvalue weighted by Gasteiger charge is -2.32. The molecule has 0 spiro atoms. The Morgan fingerprint density at radius 1 is 1.21 bits per heavy atom. The molecule has 2 heterocycles. The van der Waals surface area contributed by atoms with Crippen LogP contribution in [0.4, 0.5) is 0 Å². The van der Waals surface area contributed by atoms with Crippen molar-refractivity contribution in [3.63, 3.8) is 0 Å². The highest BCUT2D eigenvalue weighted by molar-refractivity contribution is 4.89. The van der Waals surface area contributed by atoms with Crippen molar-refractivity contribution >= 4 is 0 Å². The largest absolute Gasteiger partial charge is 0.334 e. The van der Waals surface area contributed by atoms with E-state index in [0.717, 1.165) is 30.9 Å². The first-order valence-electron chi connectivity index (χ1n) is 7.75. The number of rotatable bonds is 6. The average Bonchev–Trinajstić information content (AvgIpc) is 3.18. The molecule has 0 bridgehead atoms. The summed E-state index contributed by atoms with van der Waals surface area (Å²) < 4.78 is 2.25. The van der Waals surface area contributed by atoms with Crippen molar-refractivity contribution in [2.75, 3.05) is 26.2 Å². The number of nitrogens with zero attached hydrogens (tertiary/aromatic N) is 3. The topological polar surface area (TPSA) is 33.1 Å². The van der Waals surface area contributed by atoms with E-state index < -0.39 is 0 Å². The van der Waals surface area contributed by atoms with Crippen molar-refractivity contribution in [2.45, 2.75) is 45.2 Å². The van der Waals surface area contributed by atoms with E-state index in [9.17, 15) is 0 Å². The van der Waals surface area contributed by atoms with Gasteiger partial charge < -0.3 is 14.8 Å². The van der Waals surface area contributed by atoms with Gasteiger partial charge in [0.2, 0.25) is 0 Å². The number of aromatic nitrogens is 2. The highest BCUT2D eigenvalue weighted by Gasteiger charge is 2.24. The fraction of sp³-hybridized carbons (Fsp3) is 0.800. The van der Waals surface area contributed by atoms with Gasteiger partial charge in [-0.3, -0.25) is 0 Å². The van der Waals surface area contributed by atoms with Crippen LogP contribution in [0.25, 0.3) is 0 Å². The predicted molar refractivity (Wildman–Crippen MR) is 77.2 cm³/mol. The first-order valence-corrected chi connectivity index (χ1v) is 7.75. The molecule has 1 aromatic rings. The fourth-order valence-electron chi connectivity index (χ4n) is 2.91. The van der Waals surface area contributed by atoms with Gasteiger partial charge in [0.05, 0.1) is 0 Å². The molecule has 2 aliphatic rings. The molecule has 1 N–H and O–H groups in total. The third-order valence-corrected chi connectivity index (χ3v) is 4.56.